The maximum Gasteiger partial charge on any atom is 0.167 e. The van der Waals surface area contributed by atoms with Gasteiger partial charge >= 0.3 is 0 Å². The Bertz CT molecular complexity index is 691. The number of hydrogen-bond acceptors (Lipinski definition) is 3. The molecule has 0 saturated heterocycles. The SMILES string of the molecule is Nc1ccc2onc(-c3ccccc3F)c2c1. The monoisotopic (exact) mass is 228 g/mol. The Hall–Kier alpha value is -2.36. The van der Waals surface area contributed by atoms with Crippen LogP contribution in [0.3, 0.4) is 0 Å². The lowest BCUT2D eigenvalue weighted by molar-refractivity contribution is 0.458. The quantitative estimate of drug-likeness (QED) is 0.650. The molecule has 3 nitrogen and oxygen atoms in total. The van der Waals surface area contributed by atoms with E-state index >= 15 is 0 Å². The molecule has 3 aromatic rings. The third kappa shape index (κ3) is 1.54. The van der Waals surface area contributed by atoms with Gasteiger partial charge in [-0.3, -0.25) is 0 Å². The van der Waals surface area contributed by atoms with E-state index in [1.54, 1.807) is 36.4 Å². The third-order valence-corrected chi connectivity index (χ3v) is 2.62. The Balaban J connectivity index is 2.31. The van der Waals surface area contributed by atoms with E-state index in [0.29, 0.717) is 22.5 Å². The molecule has 1 aromatic heterocycles. The number of fused-ring (bicyclic) bond motifs is 1. The topological polar surface area (TPSA) is 52.0 Å². The van der Waals surface area contributed by atoms with Gasteiger partial charge in [0.2, 0.25) is 0 Å². The summed E-state index contributed by atoms with van der Waals surface area (Å²) in [7, 11) is 0. The number of nitrogen functional groups attached to an aromatic ring is 1. The first-order valence-corrected chi connectivity index (χ1v) is 5.15. The highest BCUT2D eigenvalue weighted by Crippen LogP contribution is 2.30. The molecule has 2 N–H and O–H groups in total. The molecule has 0 unspecified atom stereocenters. The minimum Gasteiger partial charge on any atom is -0.399 e. The molecule has 0 saturated carbocycles. The van der Waals surface area contributed by atoms with Crippen LogP contribution in [-0.4, -0.2) is 5.16 Å². The summed E-state index contributed by atoms with van der Waals surface area (Å²) in [6.07, 6.45) is 0. The van der Waals surface area contributed by atoms with Crippen LogP contribution < -0.4 is 5.73 Å². The molecule has 0 atom stereocenters. The van der Waals surface area contributed by atoms with Crippen LogP contribution in [0.2, 0.25) is 0 Å². The van der Waals surface area contributed by atoms with Gasteiger partial charge in [-0.1, -0.05) is 17.3 Å². The van der Waals surface area contributed by atoms with Crippen molar-refractivity contribution in [3.05, 3.63) is 48.3 Å². The van der Waals surface area contributed by atoms with Crippen molar-refractivity contribution in [1.82, 2.24) is 5.16 Å². The van der Waals surface area contributed by atoms with Gasteiger partial charge in [0, 0.05) is 11.3 Å². The molecular formula is C13H9FN2O. The molecule has 2 aromatic carbocycles. The Morgan fingerprint density at radius 3 is 2.76 bits per heavy atom. The first-order valence-electron chi connectivity index (χ1n) is 5.15. The summed E-state index contributed by atoms with van der Waals surface area (Å²) in [4.78, 5) is 0. The van der Waals surface area contributed by atoms with Crippen molar-refractivity contribution >= 4 is 16.7 Å². The second-order valence-corrected chi connectivity index (χ2v) is 3.77. The standard InChI is InChI=1S/C13H9FN2O/c14-11-4-2-1-3-9(11)13-10-7-8(15)5-6-12(10)17-16-13/h1-7H,15H2. The van der Waals surface area contributed by atoms with E-state index in [-0.39, 0.29) is 5.82 Å². The van der Waals surface area contributed by atoms with Gasteiger partial charge in [0.1, 0.15) is 11.5 Å². The molecule has 0 aliphatic heterocycles. The van der Waals surface area contributed by atoms with Gasteiger partial charge in [0.25, 0.3) is 0 Å². The number of benzene rings is 2. The van der Waals surface area contributed by atoms with Crippen molar-refractivity contribution in [2.45, 2.75) is 0 Å². The lowest BCUT2D eigenvalue weighted by atomic mass is 10.1. The number of nitrogens with zero attached hydrogens (tertiary/aromatic N) is 1. The summed E-state index contributed by atoms with van der Waals surface area (Å²) in [6.45, 7) is 0. The van der Waals surface area contributed by atoms with Crippen LogP contribution in [0.15, 0.2) is 47.0 Å². The van der Waals surface area contributed by atoms with E-state index in [0.717, 1.165) is 5.39 Å². The van der Waals surface area contributed by atoms with Crippen molar-refractivity contribution < 1.29 is 8.91 Å². The molecule has 0 aliphatic rings. The fourth-order valence-corrected chi connectivity index (χ4v) is 1.80. The summed E-state index contributed by atoms with van der Waals surface area (Å²) in [6, 6.07) is 11.6. The highest BCUT2D eigenvalue weighted by atomic mass is 19.1. The average Bonchev–Trinajstić information content (AvgIpc) is 2.72. The Morgan fingerprint density at radius 2 is 1.94 bits per heavy atom. The molecule has 4 heteroatoms. The third-order valence-electron chi connectivity index (χ3n) is 2.62. The molecule has 3 rings (SSSR count). The van der Waals surface area contributed by atoms with E-state index in [1.807, 2.05) is 0 Å². The largest absolute Gasteiger partial charge is 0.399 e. The van der Waals surface area contributed by atoms with E-state index in [2.05, 4.69) is 5.16 Å². The van der Waals surface area contributed by atoms with Crippen LogP contribution >= 0.6 is 0 Å². The maximum absolute atomic E-state index is 13.7. The lowest BCUT2D eigenvalue weighted by Crippen LogP contribution is -1.86. The zero-order valence-electron chi connectivity index (χ0n) is 8.85. The smallest absolute Gasteiger partial charge is 0.167 e. The minimum atomic E-state index is -0.329. The Morgan fingerprint density at radius 1 is 1.12 bits per heavy atom. The van der Waals surface area contributed by atoms with E-state index in [1.165, 1.54) is 6.07 Å². The minimum absolute atomic E-state index is 0.329. The second kappa shape index (κ2) is 3.59. The van der Waals surface area contributed by atoms with Gasteiger partial charge in [0.15, 0.2) is 5.58 Å². The molecule has 0 spiro atoms. The predicted molar refractivity (Wildman–Crippen MR) is 63.8 cm³/mol. The summed E-state index contributed by atoms with van der Waals surface area (Å²) in [5, 5.41) is 4.61. The summed E-state index contributed by atoms with van der Waals surface area (Å²) >= 11 is 0. The number of rotatable bonds is 1. The molecule has 0 bridgehead atoms. The van der Waals surface area contributed by atoms with E-state index in [9.17, 15) is 4.39 Å². The first-order chi connectivity index (χ1) is 8.25. The Kier molecular flexibility index (Phi) is 2.08. The molecular weight excluding hydrogens is 219 g/mol. The van der Waals surface area contributed by atoms with Gasteiger partial charge in [-0.25, -0.2) is 4.39 Å². The van der Waals surface area contributed by atoms with Crippen molar-refractivity contribution in [3.8, 4) is 11.3 Å². The van der Waals surface area contributed by atoms with Crippen LogP contribution in [0, 0.1) is 5.82 Å². The number of nitrogens with two attached hydrogens (primary N) is 1. The molecule has 17 heavy (non-hydrogen) atoms. The second-order valence-electron chi connectivity index (χ2n) is 3.77. The van der Waals surface area contributed by atoms with Gasteiger partial charge in [-0.05, 0) is 30.3 Å². The van der Waals surface area contributed by atoms with Crippen molar-refractivity contribution in [2.75, 3.05) is 5.73 Å². The molecule has 0 radical (unpaired) electrons. The fraction of sp³-hybridized carbons (Fsp3) is 0. The van der Waals surface area contributed by atoms with Crippen molar-refractivity contribution in [1.29, 1.82) is 0 Å². The van der Waals surface area contributed by atoms with Crippen LogP contribution in [0.1, 0.15) is 0 Å². The van der Waals surface area contributed by atoms with Crippen LogP contribution in [0.4, 0.5) is 10.1 Å². The van der Waals surface area contributed by atoms with E-state index in [4.69, 9.17) is 10.3 Å². The van der Waals surface area contributed by atoms with Gasteiger partial charge in [-0.15, -0.1) is 0 Å². The molecule has 0 fully saturated rings. The molecule has 1 heterocycles. The Labute approximate surface area is 96.6 Å². The lowest BCUT2D eigenvalue weighted by Gasteiger charge is -1.98. The maximum atomic E-state index is 13.7. The normalized spacial score (nSPS) is 10.9. The van der Waals surface area contributed by atoms with Crippen LogP contribution in [-0.2, 0) is 0 Å². The number of halogens is 1. The zero-order valence-corrected chi connectivity index (χ0v) is 8.85. The van der Waals surface area contributed by atoms with Gasteiger partial charge in [0.05, 0.1) is 5.39 Å². The molecule has 0 aliphatic carbocycles. The summed E-state index contributed by atoms with van der Waals surface area (Å²) in [5.74, 6) is -0.329. The summed E-state index contributed by atoms with van der Waals surface area (Å²) < 4.78 is 18.8. The average molecular weight is 228 g/mol. The highest BCUT2D eigenvalue weighted by molar-refractivity contribution is 5.93. The number of aromatic nitrogens is 1. The first kappa shape index (κ1) is 9.84. The summed E-state index contributed by atoms with van der Waals surface area (Å²) in [5.41, 5.74) is 7.79. The zero-order chi connectivity index (χ0) is 11.8. The van der Waals surface area contributed by atoms with Gasteiger partial charge < -0.3 is 10.3 Å². The molecule has 84 valence electrons. The molecule has 0 amide bonds. The predicted octanol–water partition coefficient (Wildman–Crippen LogP) is 3.22. The fourth-order valence-electron chi connectivity index (χ4n) is 1.80. The van der Waals surface area contributed by atoms with E-state index < -0.39 is 0 Å². The van der Waals surface area contributed by atoms with Crippen LogP contribution in [0.25, 0.3) is 22.2 Å². The van der Waals surface area contributed by atoms with Gasteiger partial charge in [-0.2, -0.15) is 0 Å². The van der Waals surface area contributed by atoms with Crippen molar-refractivity contribution in [3.63, 3.8) is 0 Å². The van der Waals surface area contributed by atoms with Crippen LogP contribution in [0.5, 0.6) is 0 Å². The highest BCUT2D eigenvalue weighted by Gasteiger charge is 2.13. The number of anilines is 1. The number of hydrogen-bond donors (Lipinski definition) is 1. The van der Waals surface area contributed by atoms with Crippen molar-refractivity contribution in [2.24, 2.45) is 0 Å².